The predicted molar refractivity (Wildman–Crippen MR) is 71.5 cm³/mol. The standard InChI is InChI=1S/C12H18N4OS/c1-7-9(4-5-17-7)18-11-6-10(16-13)14-12(15-11)8-2-3-8/h6-9H,2-5,13H2,1H3,(H,14,15,16). The summed E-state index contributed by atoms with van der Waals surface area (Å²) in [6.45, 7) is 2.97. The van der Waals surface area contributed by atoms with Gasteiger partial charge in [-0.2, -0.15) is 0 Å². The van der Waals surface area contributed by atoms with Gasteiger partial charge in [0.15, 0.2) is 0 Å². The third-order valence-electron chi connectivity index (χ3n) is 3.39. The summed E-state index contributed by atoms with van der Waals surface area (Å²) in [5, 5.41) is 1.49. The van der Waals surface area contributed by atoms with E-state index in [9.17, 15) is 0 Å². The van der Waals surface area contributed by atoms with Gasteiger partial charge in [-0.05, 0) is 26.2 Å². The summed E-state index contributed by atoms with van der Waals surface area (Å²) in [7, 11) is 0. The second-order valence-corrected chi connectivity index (χ2v) is 6.15. The molecular weight excluding hydrogens is 248 g/mol. The Morgan fingerprint density at radius 2 is 2.22 bits per heavy atom. The molecule has 0 radical (unpaired) electrons. The Bertz CT molecular complexity index is 438. The minimum Gasteiger partial charge on any atom is -0.377 e. The third-order valence-corrected chi connectivity index (χ3v) is 4.76. The van der Waals surface area contributed by atoms with E-state index in [0.29, 0.717) is 23.1 Å². The van der Waals surface area contributed by atoms with Crippen molar-refractivity contribution in [1.29, 1.82) is 0 Å². The molecule has 18 heavy (non-hydrogen) atoms. The average Bonchev–Trinajstić information content (AvgIpc) is 3.15. The van der Waals surface area contributed by atoms with E-state index in [1.54, 1.807) is 11.8 Å². The number of nitrogens with two attached hydrogens (primary N) is 1. The van der Waals surface area contributed by atoms with Gasteiger partial charge in [-0.1, -0.05) is 0 Å². The summed E-state index contributed by atoms with van der Waals surface area (Å²) in [5.74, 6) is 7.65. The molecule has 5 nitrogen and oxygen atoms in total. The maximum Gasteiger partial charge on any atom is 0.144 e. The molecule has 3 N–H and O–H groups in total. The molecule has 2 atom stereocenters. The molecule has 1 aromatic rings. The molecule has 1 aromatic heterocycles. The highest BCUT2D eigenvalue weighted by Gasteiger charge is 2.29. The van der Waals surface area contributed by atoms with Crippen molar-refractivity contribution in [3.63, 3.8) is 0 Å². The molecule has 1 saturated carbocycles. The van der Waals surface area contributed by atoms with E-state index >= 15 is 0 Å². The molecule has 2 unspecified atom stereocenters. The molecular formula is C12H18N4OS. The Morgan fingerprint density at radius 3 is 2.83 bits per heavy atom. The molecule has 2 heterocycles. The second kappa shape index (κ2) is 5.03. The van der Waals surface area contributed by atoms with E-state index in [0.717, 1.165) is 23.9 Å². The molecule has 1 saturated heterocycles. The zero-order chi connectivity index (χ0) is 12.5. The molecule has 98 valence electrons. The predicted octanol–water partition coefficient (Wildman–Crippen LogP) is 1.91. The number of hydrogen-bond acceptors (Lipinski definition) is 6. The number of rotatable bonds is 4. The van der Waals surface area contributed by atoms with E-state index in [1.807, 2.05) is 6.07 Å². The molecule has 1 aliphatic carbocycles. The first-order chi connectivity index (χ1) is 8.76. The summed E-state index contributed by atoms with van der Waals surface area (Å²) in [5.41, 5.74) is 2.63. The van der Waals surface area contributed by atoms with Crippen molar-refractivity contribution in [2.75, 3.05) is 12.0 Å². The minimum atomic E-state index is 0.295. The van der Waals surface area contributed by atoms with Crippen LogP contribution in [-0.2, 0) is 4.74 Å². The molecule has 0 aromatic carbocycles. The van der Waals surface area contributed by atoms with Crippen LogP contribution in [0.1, 0.15) is 37.9 Å². The van der Waals surface area contributed by atoms with Gasteiger partial charge in [-0.15, -0.1) is 11.8 Å². The van der Waals surface area contributed by atoms with Gasteiger partial charge in [0, 0.05) is 23.8 Å². The van der Waals surface area contributed by atoms with Crippen molar-refractivity contribution in [1.82, 2.24) is 9.97 Å². The minimum absolute atomic E-state index is 0.295. The first-order valence-corrected chi connectivity index (χ1v) is 7.28. The van der Waals surface area contributed by atoms with E-state index in [2.05, 4.69) is 22.3 Å². The largest absolute Gasteiger partial charge is 0.377 e. The highest BCUT2D eigenvalue weighted by Crippen LogP contribution is 2.40. The summed E-state index contributed by atoms with van der Waals surface area (Å²) >= 11 is 1.78. The molecule has 0 amide bonds. The number of nitrogens with zero attached hydrogens (tertiary/aromatic N) is 2. The first-order valence-electron chi connectivity index (χ1n) is 6.40. The van der Waals surface area contributed by atoms with Crippen molar-refractivity contribution >= 4 is 17.6 Å². The number of hydrazine groups is 1. The molecule has 0 spiro atoms. The molecule has 6 heteroatoms. The van der Waals surface area contributed by atoms with Crippen LogP contribution in [-0.4, -0.2) is 27.9 Å². The lowest BCUT2D eigenvalue weighted by molar-refractivity contribution is 0.127. The zero-order valence-corrected chi connectivity index (χ0v) is 11.2. The molecule has 2 aliphatic rings. The summed E-state index contributed by atoms with van der Waals surface area (Å²) in [4.78, 5) is 9.06. The number of aromatic nitrogens is 2. The number of ether oxygens (including phenoxy) is 1. The number of thioether (sulfide) groups is 1. The van der Waals surface area contributed by atoms with Gasteiger partial charge in [0.2, 0.25) is 0 Å². The lowest BCUT2D eigenvalue weighted by atomic mass is 10.3. The number of hydrogen-bond donors (Lipinski definition) is 2. The second-order valence-electron chi connectivity index (χ2n) is 4.89. The quantitative estimate of drug-likeness (QED) is 0.493. The smallest absolute Gasteiger partial charge is 0.144 e. The van der Waals surface area contributed by atoms with Gasteiger partial charge in [0.1, 0.15) is 16.7 Å². The summed E-state index contributed by atoms with van der Waals surface area (Å²) < 4.78 is 5.58. The van der Waals surface area contributed by atoms with Crippen molar-refractivity contribution < 1.29 is 4.74 Å². The van der Waals surface area contributed by atoms with Crippen LogP contribution in [0.2, 0.25) is 0 Å². The topological polar surface area (TPSA) is 73.1 Å². The summed E-state index contributed by atoms with van der Waals surface area (Å²) in [6, 6.07) is 1.92. The molecule has 1 aliphatic heterocycles. The molecule has 2 fully saturated rings. The van der Waals surface area contributed by atoms with Crippen LogP contribution in [0.3, 0.4) is 0 Å². The van der Waals surface area contributed by atoms with Gasteiger partial charge in [-0.3, -0.25) is 0 Å². The van der Waals surface area contributed by atoms with Crippen LogP contribution in [0.25, 0.3) is 0 Å². The number of anilines is 1. The zero-order valence-electron chi connectivity index (χ0n) is 10.4. The Kier molecular flexibility index (Phi) is 3.41. The van der Waals surface area contributed by atoms with E-state index < -0.39 is 0 Å². The number of nitrogens with one attached hydrogen (secondary N) is 1. The summed E-state index contributed by atoms with van der Waals surface area (Å²) in [6.07, 6.45) is 3.77. The monoisotopic (exact) mass is 266 g/mol. The van der Waals surface area contributed by atoms with Crippen molar-refractivity contribution in [3.8, 4) is 0 Å². The van der Waals surface area contributed by atoms with Gasteiger partial charge >= 0.3 is 0 Å². The first kappa shape index (κ1) is 12.2. The third kappa shape index (κ3) is 2.60. The fourth-order valence-electron chi connectivity index (χ4n) is 2.12. The fourth-order valence-corrected chi connectivity index (χ4v) is 3.24. The maximum atomic E-state index is 5.58. The van der Waals surface area contributed by atoms with Gasteiger partial charge < -0.3 is 10.2 Å². The normalized spacial score (nSPS) is 27.4. The molecule has 3 rings (SSSR count). The SMILES string of the molecule is CC1OCCC1Sc1cc(NN)nc(C2CC2)n1. The van der Waals surface area contributed by atoms with Gasteiger partial charge in [-0.25, -0.2) is 15.8 Å². The Morgan fingerprint density at radius 1 is 1.39 bits per heavy atom. The van der Waals surface area contributed by atoms with Crippen LogP contribution >= 0.6 is 11.8 Å². The average molecular weight is 266 g/mol. The van der Waals surface area contributed by atoms with Crippen LogP contribution < -0.4 is 11.3 Å². The van der Waals surface area contributed by atoms with Crippen LogP contribution in [0.15, 0.2) is 11.1 Å². The fraction of sp³-hybridized carbons (Fsp3) is 0.667. The Balaban J connectivity index is 1.79. The van der Waals surface area contributed by atoms with Gasteiger partial charge in [0.25, 0.3) is 0 Å². The molecule has 0 bridgehead atoms. The van der Waals surface area contributed by atoms with Crippen molar-refractivity contribution in [2.24, 2.45) is 5.84 Å². The Hall–Kier alpha value is -0.850. The van der Waals surface area contributed by atoms with E-state index in [1.165, 1.54) is 12.8 Å². The van der Waals surface area contributed by atoms with Crippen LogP contribution in [0.4, 0.5) is 5.82 Å². The Labute approximate surface area is 111 Å². The highest BCUT2D eigenvalue weighted by atomic mass is 32.2. The lowest BCUT2D eigenvalue weighted by Crippen LogP contribution is -2.14. The van der Waals surface area contributed by atoms with Crippen molar-refractivity contribution in [2.45, 2.75) is 48.5 Å². The van der Waals surface area contributed by atoms with Gasteiger partial charge in [0.05, 0.1) is 6.10 Å². The van der Waals surface area contributed by atoms with E-state index in [-0.39, 0.29) is 0 Å². The van der Waals surface area contributed by atoms with Crippen LogP contribution in [0.5, 0.6) is 0 Å². The van der Waals surface area contributed by atoms with E-state index in [4.69, 9.17) is 10.6 Å². The highest BCUT2D eigenvalue weighted by molar-refractivity contribution is 7.99. The van der Waals surface area contributed by atoms with Crippen LogP contribution in [0, 0.1) is 0 Å². The lowest BCUT2D eigenvalue weighted by Gasteiger charge is -2.14. The maximum absolute atomic E-state index is 5.58. The number of nitrogen functional groups attached to an aromatic ring is 1. The van der Waals surface area contributed by atoms with Crippen molar-refractivity contribution in [3.05, 3.63) is 11.9 Å².